The fraction of sp³-hybridized carbons (Fsp3) is 0.350. The number of nitrogens with zero attached hydrogens (tertiary/aromatic N) is 4. The van der Waals surface area contributed by atoms with E-state index >= 15 is 0 Å². The van der Waals surface area contributed by atoms with Gasteiger partial charge in [0.1, 0.15) is 6.26 Å². The van der Waals surface area contributed by atoms with Crippen LogP contribution in [0.2, 0.25) is 0 Å². The van der Waals surface area contributed by atoms with Gasteiger partial charge in [-0.25, -0.2) is 0 Å². The molecular formula is C20H22N4O3. The van der Waals surface area contributed by atoms with E-state index in [0.717, 1.165) is 25.1 Å². The van der Waals surface area contributed by atoms with Gasteiger partial charge < -0.3 is 13.8 Å². The quantitative estimate of drug-likeness (QED) is 0.691. The van der Waals surface area contributed by atoms with Gasteiger partial charge in [-0.3, -0.25) is 9.69 Å². The van der Waals surface area contributed by atoms with E-state index in [1.54, 1.807) is 6.07 Å². The van der Waals surface area contributed by atoms with Crippen LogP contribution in [0, 0.1) is 0 Å². The van der Waals surface area contributed by atoms with E-state index in [9.17, 15) is 4.79 Å². The van der Waals surface area contributed by atoms with Crippen LogP contribution in [-0.2, 0) is 13.0 Å². The Morgan fingerprint density at radius 3 is 2.56 bits per heavy atom. The minimum atomic E-state index is 0.0130. The summed E-state index contributed by atoms with van der Waals surface area (Å²) in [6, 6.07) is 9.91. The molecule has 1 amide bonds. The Bertz CT molecular complexity index is 878. The maximum atomic E-state index is 12.3. The molecule has 27 heavy (non-hydrogen) atoms. The number of amides is 1. The second-order valence-corrected chi connectivity index (χ2v) is 6.64. The molecule has 1 fully saturated rings. The van der Waals surface area contributed by atoms with Crippen molar-refractivity contribution in [3.05, 3.63) is 59.9 Å². The van der Waals surface area contributed by atoms with Gasteiger partial charge in [-0.1, -0.05) is 36.3 Å². The normalized spacial score (nSPS) is 15.2. The van der Waals surface area contributed by atoms with Crippen molar-refractivity contribution in [1.82, 2.24) is 19.9 Å². The van der Waals surface area contributed by atoms with Gasteiger partial charge in [0, 0.05) is 31.7 Å². The standard InChI is InChI=1S/C20H22N4O3/c1-2-15-3-5-16(6-4-15)19-21-18(27-22-19)13-23-8-10-24(11-9-23)20(25)17-7-12-26-14-17/h3-7,12,14H,2,8-11,13H2,1H3. The summed E-state index contributed by atoms with van der Waals surface area (Å²) in [5.74, 6) is 1.22. The maximum absolute atomic E-state index is 12.3. The summed E-state index contributed by atoms with van der Waals surface area (Å²) in [6.07, 6.45) is 4.01. The van der Waals surface area contributed by atoms with Crippen LogP contribution >= 0.6 is 0 Å². The van der Waals surface area contributed by atoms with Gasteiger partial charge in [0.2, 0.25) is 11.7 Å². The van der Waals surface area contributed by atoms with Gasteiger partial charge in [0.15, 0.2) is 0 Å². The fourth-order valence-electron chi connectivity index (χ4n) is 3.19. The van der Waals surface area contributed by atoms with Crippen LogP contribution in [0.5, 0.6) is 0 Å². The first kappa shape index (κ1) is 17.5. The van der Waals surface area contributed by atoms with Crippen molar-refractivity contribution in [3.63, 3.8) is 0 Å². The highest BCUT2D eigenvalue weighted by Gasteiger charge is 2.24. The lowest BCUT2D eigenvalue weighted by Crippen LogP contribution is -2.48. The summed E-state index contributed by atoms with van der Waals surface area (Å²) in [7, 11) is 0. The van der Waals surface area contributed by atoms with Crippen molar-refractivity contribution in [2.24, 2.45) is 0 Å². The van der Waals surface area contributed by atoms with Crippen molar-refractivity contribution in [2.75, 3.05) is 26.2 Å². The number of piperazine rings is 1. The van der Waals surface area contributed by atoms with Crippen LogP contribution in [-0.4, -0.2) is 52.0 Å². The lowest BCUT2D eigenvalue weighted by molar-refractivity contribution is 0.0614. The topological polar surface area (TPSA) is 75.6 Å². The Labute approximate surface area is 157 Å². The molecule has 1 aliphatic heterocycles. The predicted molar refractivity (Wildman–Crippen MR) is 99.0 cm³/mol. The molecule has 0 aliphatic carbocycles. The first-order valence-electron chi connectivity index (χ1n) is 9.18. The summed E-state index contributed by atoms with van der Waals surface area (Å²) in [5.41, 5.74) is 2.84. The third-order valence-electron chi connectivity index (χ3n) is 4.87. The average molecular weight is 366 g/mol. The summed E-state index contributed by atoms with van der Waals surface area (Å²) in [4.78, 5) is 20.9. The van der Waals surface area contributed by atoms with Gasteiger partial charge in [-0.05, 0) is 18.1 Å². The molecule has 0 N–H and O–H groups in total. The molecular weight excluding hydrogens is 344 g/mol. The first-order chi connectivity index (χ1) is 13.2. The Kier molecular flexibility index (Phi) is 5.02. The molecule has 3 heterocycles. The number of carbonyl (C=O) groups excluding carboxylic acids is 1. The summed E-state index contributed by atoms with van der Waals surface area (Å²) in [6.45, 7) is 5.60. The lowest BCUT2D eigenvalue weighted by atomic mass is 10.1. The second kappa shape index (κ2) is 7.75. The zero-order valence-electron chi connectivity index (χ0n) is 15.3. The van der Waals surface area contributed by atoms with E-state index in [2.05, 4.69) is 34.1 Å². The highest BCUT2D eigenvalue weighted by Crippen LogP contribution is 2.18. The van der Waals surface area contributed by atoms with Crippen LogP contribution in [0.4, 0.5) is 0 Å². The van der Waals surface area contributed by atoms with Gasteiger partial charge in [-0.15, -0.1) is 0 Å². The summed E-state index contributed by atoms with van der Waals surface area (Å²) >= 11 is 0. The molecule has 0 spiro atoms. The zero-order chi connectivity index (χ0) is 18.6. The fourth-order valence-corrected chi connectivity index (χ4v) is 3.19. The maximum Gasteiger partial charge on any atom is 0.257 e. The van der Waals surface area contributed by atoms with Crippen molar-refractivity contribution in [3.8, 4) is 11.4 Å². The third-order valence-corrected chi connectivity index (χ3v) is 4.87. The molecule has 4 rings (SSSR count). The van der Waals surface area contributed by atoms with Crippen LogP contribution in [0.1, 0.15) is 28.7 Å². The van der Waals surface area contributed by atoms with E-state index < -0.39 is 0 Å². The molecule has 1 aromatic carbocycles. The van der Waals surface area contributed by atoms with Crippen molar-refractivity contribution < 1.29 is 13.7 Å². The monoisotopic (exact) mass is 366 g/mol. The Morgan fingerprint density at radius 1 is 1.11 bits per heavy atom. The number of aryl methyl sites for hydroxylation is 1. The molecule has 0 radical (unpaired) electrons. The van der Waals surface area contributed by atoms with Crippen molar-refractivity contribution in [2.45, 2.75) is 19.9 Å². The summed E-state index contributed by atoms with van der Waals surface area (Å²) in [5, 5.41) is 4.10. The zero-order valence-corrected chi connectivity index (χ0v) is 15.3. The minimum Gasteiger partial charge on any atom is -0.472 e. The van der Waals surface area contributed by atoms with E-state index in [4.69, 9.17) is 8.94 Å². The SMILES string of the molecule is CCc1ccc(-c2noc(CN3CCN(C(=O)c4ccoc4)CC3)n2)cc1. The number of hydrogen-bond acceptors (Lipinski definition) is 6. The molecule has 2 aromatic heterocycles. The van der Waals surface area contributed by atoms with Gasteiger partial charge in [0.25, 0.3) is 5.91 Å². The average Bonchev–Trinajstić information content (AvgIpc) is 3.40. The van der Waals surface area contributed by atoms with Crippen molar-refractivity contribution in [1.29, 1.82) is 0 Å². The molecule has 140 valence electrons. The van der Waals surface area contributed by atoms with Crippen LogP contribution in [0.15, 0.2) is 51.8 Å². The largest absolute Gasteiger partial charge is 0.472 e. The van der Waals surface area contributed by atoms with Crippen LogP contribution < -0.4 is 0 Å². The van der Waals surface area contributed by atoms with E-state index in [-0.39, 0.29) is 5.91 Å². The van der Waals surface area contributed by atoms with Gasteiger partial charge >= 0.3 is 0 Å². The number of benzene rings is 1. The molecule has 1 aliphatic rings. The number of rotatable bonds is 5. The molecule has 0 saturated carbocycles. The molecule has 3 aromatic rings. The molecule has 0 unspecified atom stereocenters. The van der Waals surface area contributed by atoms with E-state index in [0.29, 0.717) is 36.9 Å². The second-order valence-electron chi connectivity index (χ2n) is 6.64. The van der Waals surface area contributed by atoms with Gasteiger partial charge in [0.05, 0.1) is 18.4 Å². The van der Waals surface area contributed by atoms with E-state index in [1.165, 1.54) is 18.1 Å². The smallest absolute Gasteiger partial charge is 0.257 e. The third kappa shape index (κ3) is 3.93. The Balaban J connectivity index is 1.33. The number of furan rings is 1. The highest BCUT2D eigenvalue weighted by atomic mass is 16.5. The molecule has 7 heteroatoms. The Hall–Kier alpha value is -2.93. The molecule has 0 atom stereocenters. The van der Waals surface area contributed by atoms with E-state index in [1.807, 2.05) is 17.0 Å². The molecule has 0 bridgehead atoms. The first-order valence-corrected chi connectivity index (χ1v) is 9.18. The minimum absolute atomic E-state index is 0.0130. The van der Waals surface area contributed by atoms with Gasteiger partial charge in [-0.2, -0.15) is 4.98 Å². The van der Waals surface area contributed by atoms with Crippen LogP contribution in [0.25, 0.3) is 11.4 Å². The van der Waals surface area contributed by atoms with Crippen LogP contribution in [0.3, 0.4) is 0 Å². The molecule has 7 nitrogen and oxygen atoms in total. The number of hydrogen-bond donors (Lipinski definition) is 0. The number of aromatic nitrogens is 2. The number of carbonyl (C=O) groups is 1. The molecule has 1 saturated heterocycles. The summed E-state index contributed by atoms with van der Waals surface area (Å²) < 4.78 is 10.4. The predicted octanol–water partition coefficient (Wildman–Crippen LogP) is 2.85. The highest BCUT2D eigenvalue weighted by molar-refractivity contribution is 5.93. The lowest BCUT2D eigenvalue weighted by Gasteiger charge is -2.33. The Morgan fingerprint density at radius 2 is 1.89 bits per heavy atom. The van der Waals surface area contributed by atoms with Crippen molar-refractivity contribution >= 4 is 5.91 Å².